The Labute approximate surface area is 120 Å². The molecule has 0 aliphatic heterocycles. The number of H-pyrrole nitrogens is 1. The first-order chi connectivity index (χ1) is 9.65. The predicted octanol–water partition coefficient (Wildman–Crippen LogP) is 3.67. The number of anilines is 1. The molecule has 1 aromatic carbocycles. The van der Waals surface area contributed by atoms with Gasteiger partial charge in [0.15, 0.2) is 0 Å². The normalized spacial score (nSPS) is 10.9. The third-order valence-corrected chi connectivity index (χ3v) is 3.46. The van der Waals surface area contributed by atoms with Crippen LogP contribution in [-0.2, 0) is 6.54 Å². The first kappa shape index (κ1) is 12.9. The number of nitrogens with one attached hydrogen (secondary N) is 2. The van der Waals surface area contributed by atoms with Crippen molar-refractivity contribution in [3.05, 3.63) is 52.7 Å². The van der Waals surface area contributed by atoms with Crippen LogP contribution >= 0.6 is 11.6 Å². The van der Waals surface area contributed by atoms with Crippen molar-refractivity contribution in [2.45, 2.75) is 13.5 Å². The molecule has 3 aromatic rings. The van der Waals surface area contributed by atoms with Gasteiger partial charge in [0.25, 0.3) is 0 Å². The zero-order valence-electron chi connectivity index (χ0n) is 10.7. The van der Waals surface area contributed by atoms with Crippen LogP contribution in [0.15, 0.2) is 30.6 Å². The Bertz CT molecular complexity index is 769. The van der Waals surface area contributed by atoms with E-state index in [2.05, 4.69) is 20.3 Å². The maximum absolute atomic E-state index is 13.4. The van der Waals surface area contributed by atoms with Crippen LogP contribution in [0.3, 0.4) is 0 Å². The molecule has 0 radical (unpaired) electrons. The maximum atomic E-state index is 13.4. The van der Waals surface area contributed by atoms with Crippen molar-refractivity contribution in [1.29, 1.82) is 0 Å². The van der Waals surface area contributed by atoms with Crippen molar-refractivity contribution in [1.82, 2.24) is 15.0 Å². The molecule has 0 fully saturated rings. The van der Waals surface area contributed by atoms with Crippen LogP contribution in [0.1, 0.15) is 11.3 Å². The molecule has 3 rings (SSSR count). The number of fused-ring (bicyclic) bond motifs is 1. The monoisotopic (exact) mass is 290 g/mol. The smallest absolute Gasteiger partial charge is 0.143 e. The molecular weight excluding hydrogens is 279 g/mol. The number of hydrogen-bond donors (Lipinski definition) is 2. The van der Waals surface area contributed by atoms with E-state index in [0.717, 1.165) is 16.7 Å². The molecule has 0 bridgehead atoms. The van der Waals surface area contributed by atoms with Gasteiger partial charge in [-0.3, -0.25) is 0 Å². The molecule has 2 N–H and O–H groups in total. The van der Waals surface area contributed by atoms with Gasteiger partial charge >= 0.3 is 0 Å². The van der Waals surface area contributed by atoms with E-state index in [4.69, 9.17) is 11.6 Å². The van der Waals surface area contributed by atoms with Crippen LogP contribution in [0, 0.1) is 12.7 Å². The van der Waals surface area contributed by atoms with E-state index in [1.54, 1.807) is 12.1 Å². The van der Waals surface area contributed by atoms with E-state index in [1.165, 1.54) is 12.4 Å². The first-order valence-corrected chi connectivity index (χ1v) is 6.50. The quantitative estimate of drug-likeness (QED) is 0.774. The fraction of sp³-hybridized carbons (Fsp3) is 0.143. The molecule has 0 amide bonds. The standard InChI is InChI=1S/C14H12ClFN4/c1-8-5-10-13(18-7-19-14(10)20-8)17-6-9-3-2-4-11(16)12(9)15/h2-5,7H,6H2,1H3,(H2,17,18,19,20). The van der Waals surface area contributed by atoms with Crippen LogP contribution in [0.25, 0.3) is 11.0 Å². The van der Waals surface area contributed by atoms with Crippen LogP contribution in [0.4, 0.5) is 10.2 Å². The van der Waals surface area contributed by atoms with Gasteiger partial charge < -0.3 is 10.3 Å². The predicted molar refractivity (Wildman–Crippen MR) is 77.4 cm³/mol. The third-order valence-electron chi connectivity index (χ3n) is 3.04. The molecule has 2 aromatic heterocycles. The lowest BCUT2D eigenvalue weighted by atomic mass is 10.2. The summed E-state index contributed by atoms with van der Waals surface area (Å²) in [5, 5.41) is 4.20. The van der Waals surface area contributed by atoms with Crippen LogP contribution in [-0.4, -0.2) is 15.0 Å². The zero-order chi connectivity index (χ0) is 14.1. The van der Waals surface area contributed by atoms with Gasteiger partial charge in [0.2, 0.25) is 0 Å². The van der Waals surface area contributed by atoms with E-state index in [0.29, 0.717) is 17.9 Å². The number of rotatable bonds is 3. The van der Waals surface area contributed by atoms with Gasteiger partial charge in [-0.05, 0) is 24.6 Å². The van der Waals surface area contributed by atoms with Crippen LogP contribution in [0.2, 0.25) is 5.02 Å². The molecule has 0 saturated heterocycles. The highest BCUT2D eigenvalue weighted by molar-refractivity contribution is 6.31. The Kier molecular flexibility index (Phi) is 3.28. The Morgan fingerprint density at radius 3 is 3.05 bits per heavy atom. The van der Waals surface area contributed by atoms with Gasteiger partial charge in [0, 0.05) is 12.2 Å². The second-order valence-electron chi connectivity index (χ2n) is 4.50. The largest absolute Gasteiger partial charge is 0.365 e. The first-order valence-electron chi connectivity index (χ1n) is 6.12. The number of benzene rings is 1. The van der Waals surface area contributed by atoms with Crippen molar-refractivity contribution in [2.75, 3.05) is 5.32 Å². The molecular formula is C14H12ClFN4. The van der Waals surface area contributed by atoms with E-state index in [1.807, 2.05) is 13.0 Å². The molecule has 102 valence electrons. The van der Waals surface area contributed by atoms with E-state index < -0.39 is 5.82 Å². The summed E-state index contributed by atoms with van der Waals surface area (Å²) in [5.74, 6) is 0.274. The average Bonchev–Trinajstić information content (AvgIpc) is 2.81. The minimum atomic E-state index is -0.420. The highest BCUT2D eigenvalue weighted by atomic mass is 35.5. The Morgan fingerprint density at radius 2 is 2.20 bits per heavy atom. The fourth-order valence-corrected chi connectivity index (χ4v) is 2.27. The summed E-state index contributed by atoms with van der Waals surface area (Å²) in [6, 6.07) is 6.71. The molecule has 0 aliphatic carbocycles. The van der Waals surface area contributed by atoms with Gasteiger partial charge in [0.05, 0.1) is 10.4 Å². The number of aromatic nitrogens is 3. The molecule has 0 aliphatic rings. The van der Waals surface area contributed by atoms with Crippen molar-refractivity contribution >= 4 is 28.5 Å². The van der Waals surface area contributed by atoms with E-state index in [-0.39, 0.29) is 5.02 Å². The molecule has 2 heterocycles. The zero-order valence-corrected chi connectivity index (χ0v) is 11.5. The lowest BCUT2D eigenvalue weighted by molar-refractivity contribution is 0.626. The second-order valence-corrected chi connectivity index (χ2v) is 4.88. The lowest BCUT2D eigenvalue weighted by Gasteiger charge is -2.08. The van der Waals surface area contributed by atoms with Gasteiger partial charge in [0.1, 0.15) is 23.6 Å². The van der Waals surface area contributed by atoms with Gasteiger partial charge in [-0.25, -0.2) is 14.4 Å². The van der Waals surface area contributed by atoms with Crippen molar-refractivity contribution in [3.8, 4) is 0 Å². The van der Waals surface area contributed by atoms with Crippen LogP contribution < -0.4 is 5.32 Å². The molecule has 6 heteroatoms. The summed E-state index contributed by atoms with van der Waals surface area (Å²) in [5.41, 5.74) is 2.46. The van der Waals surface area contributed by atoms with E-state index in [9.17, 15) is 4.39 Å². The lowest BCUT2D eigenvalue weighted by Crippen LogP contribution is -2.03. The topological polar surface area (TPSA) is 53.6 Å². The minimum absolute atomic E-state index is 0.135. The van der Waals surface area contributed by atoms with Gasteiger partial charge in [-0.2, -0.15) is 0 Å². The van der Waals surface area contributed by atoms with E-state index >= 15 is 0 Å². The number of hydrogen-bond acceptors (Lipinski definition) is 3. The Hall–Kier alpha value is -2.14. The molecule has 20 heavy (non-hydrogen) atoms. The van der Waals surface area contributed by atoms with Crippen molar-refractivity contribution in [2.24, 2.45) is 0 Å². The minimum Gasteiger partial charge on any atom is -0.365 e. The number of aromatic amines is 1. The number of nitrogens with zero attached hydrogens (tertiary/aromatic N) is 2. The highest BCUT2D eigenvalue weighted by Gasteiger charge is 2.08. The molecule has 0 atom stereocenters. The van der Waals surface area contributed by atoms with Crippen molar-refractivity contribution < 1.29 is 4.39 Å². The summed E-state index contributed by atoms with van der Waals surface area (Å²) >= 11 is 5.93. The molecule has 0 saturated carbocycles. The molecule has 4 nitrogen and oxygen atoms in total. The summed E-state index contributed by atoms with van der Waals surface area (Å²) in [7, 11) is 0. The highest BCUT2D eigenvalue weighted by Crippen LogP contribution is 2.23. The van der Waals surface area contributed by atoms with Crippen LogP contribution in [0.5, 0.6) is 0 Å². The Balaban J connectivity index is 1.88. The third kappa shape index (κ3) is 2.32. The van der Waals surface area contributed by atoms with Crippen molar-refractivity contribution in [3.63, 3.8) is 0 Å². The summed E-state index contributed by atoms with van der Waals surface area (Å²) in [6.45, 7) is 2.35. The maximum Gasteiger partial charge on any atom is 0.143 e. The summed E-state index contributed by atoms with van der Waals surface area (Å²) in [6.07, 6.45) is 1.48. The number of halogens is 2. The Morgan fingerprint density at radius 1 is 1.35 bits per heavy atom. The second kappa shape index (κ2) is 5.09. The van der Waals surface area contributed by atoms with Gasteiger partial charge in [-0.1, -0.05) is 23.7 Å². The van der Waals surface area contributed by atoms with Gasteiger partial charge in [-0.15, -0.1) is 0 Å². The average molecular weight is 291 g/mol. The summed E-state index contributed by atoms with van der Waals surface area (Å²) < 4.78 is 13.4. The molecule has 0 spiro atoms. The summed E-state index contributed by atoms with van der Waals surface area (Å²) in [4.78, 5) is 11.5. The molecule has 0 unspecified atom stereocenters. The number of aryl methyl sites for hydroxylation is 1. The fourth-order valence-electron chi connectivity index (χ4n) is 2.08. The SMILES string of the molecule is Cc1cc2c(NCc3cccc(F)c3Cl)ncnc2[nH]1.